The average Bonchev–Trinajstić information content (AvgIpc) is 3.41. The van der Waals surface area contributed by atoms with Crippen molar-refractivity contribution in [1.29, 1.82) is 0 Å². The third-order valence-corrected chi connectivity index (χ3v) is 8.69. The van der Waals surface area contributed by atoms with Crippen molar-refractivity contribution >= 4 is 24.2 Å². The second kappa shape index (κ2) is 17.9. The highest BCUT2D eigenvalue weighted by Gasteiger charge is 2.38. The molecule has 4 rings (SSSR count). The van der Waals surface area contributed by atoms with E-state index in [1.165, 1.54) is 0 Å². The van der Waals surface area contributed by atoms with Crippen LogP contribution in [0.25, 0.3) is 11.1 Å². The Morgan fingerprint density at radius 1 is 0.596 bits per heavy atom. The third kappa shape index (κ3) is 12.0. The molecule has 52 heavy (non-hydrogen) atoms. The van der Waals surface area contributed by atoms with E-state index in [0.29, 0.717) is 32.2 Å². The number of hydrogen-bond acceptors (Lipinski definition) is 7. The van der Waals surface area contributed by atoms with Gasteiger partial charge >= 0.3 is 18.3 Å². The van der Waals surface area contributed by atoms with Gasteiger partial charge in [-0.05, 0) is 95.0 Å². The zero-order valence-corrected chi connectivity index (χ0v) is 31.3. The molecule has 0 saturated heterocycles. The molecule has 4 amide bonds. The van der Waals surface area contributed by atoms with Gasteiger partial charge in [0, 0.05) is 32.1 Å². The molecule has 1 aliphatic carbocycles. The summed E-state index contributed by atoms with van der Waals surface area (Å²) in [6, 6.07) is 25.8. The summed E-state index contributed by atoms with van der Waals surface area (Å²) < 4.78 is 16.6. The number of carbonyl (C=O) groups is 4. The first-order valence-corrected chi connectivity index (χ1v) is 18.0. The second-order valence-corrected chi connectivity index (χ2v) is 15.2. The molecule has 280 valence electrons. The van der Waals surface area contributed by atoms with Gasteiger partial charge in [0.15, 0.2) is 0 Å². The number of alkyl carbamates (subject to hydrolysis) is 3. The minimum Gasteiger partial charge on any atom is -0.449 e. The molecule has 0 bridgehead atoms. The van der Waals surface area contributed by atoms with Crippen LogP contribution in [-0.4, -0.2) is 61.6 Å². The SMILES string of the molecule is CC(C)(C)OC(=O)NCCCC(CCCNC(=O)OC(C)(C)C)(CNC(=O)OCC1c2ccccc2-c2ccccc21)C(=O)NCc1ccccc1. The van der Waals surface area contributed by atoms with Gasteiger partial charge in [0.1, 0.15) is 17.8 Å². The van der Waals surface area contributed by atoms with Crippen LogP contribution in [0.4, 0.5) is 14.4 Å². The van der Waals surface area contributed by atoms with E-state index in [1.807, 2.05) is 54.6 Å². The Morgan fingerprint density at radius 2 is 1.08 bits per heavy atom. The van der Waals surface area contributed by atoms with E-state index in [2.05, 4.69) is 45.5 Å². The maximum atomic E-state index is 14.2. The normalized spacial score (nSPS) is 12.6. The van der Waals surface area contributed by atoms with E-state index in [0.717, 1.165) is 27.8 Å². The third-order valence-electron chi connectivity index (χ3n) is 8.69. The van der Waals surface area contributed by atoms with Crippen LogP contribution < -0.4 is 21.3 Å². The molecule has 11 heteroatoms. The predicted molar refractivity (Wildman–Crippen MR) is 201 cm³/mol. The van der Waals surface area contributed by atoms with Gasteiger partial charge in [-0.25, -0.2) is 14.4 Å². The van der Waals surface area contributed by atoms with Crippen molar-refractivity contribution in [3.05, 3.63) is 95.6 Å². The Hall–Kier alpha value is -5.06. The number of carbonyl (C=O) groups excluding carboxylic acids is 4. The Bertz CT molecular complexity index is 1580. The summed E-state index contributed by atoms with van der Waals surface area (Å²) in [6.45, 7) is 11.6. The molecule has 0 atom stereocenters. The Morgan fingerprint density at radius 3 is 1.58 bits per heavy atom. The summed E-state index contributed by atoms with van der Waals surface area (Å²) in [7, 11) is 0. The summed E-state index contributed by atoms with van der Waals surface area (Å²) in [5.41, 5.74) is 2.96. The monoisotopic (exact) mass is 714 g/mol. The highest BCUT2D eigenvalue weighted by Crippen LogP contribution is 2.44. The highest BCUT2D eigenvalue weighted by molar-refractivity contribution is 5.84. The summed E-state index contributed by atoms with van der Waals surface area (Å²) in [5, 5.41) is 11.5. The van der Waals surface area contributed by atoms with Crippen LogP contribution in [0.1, 0.15) is 89.8 Å². The number of ether oxygens (including phenoxy) is 3. The maximum Gasteiger partial charge on any atom is 0.407 e. The molecule has 0 aliphatic heterocycles. The molecule has 0 aromatic heterocycles. The van der Waals surface area contributed by atoms with Crippen LogP contribution in [0.3, 0.4) is 0 Å². The van der Waals surface area contributed by atoms with E-state index in [-0.39, 0.29) is 38.1 Å². The molecular formula is C41H54N4O7. The lowest BCUT2D eigenvalue weighted by Gasteiger charge is -2.33. The standard InChI is InChI=1S/C41H54N4O7/c1-39(2,3)51-37(48)42-24-14-22-41(23-15-25-43-38(49)52-40(4,5)6,35(46)44-26-29-16-8-7-9-17-29)28-45-36(47)50-27-34-32-20-12-10-18-30(32)31-19-11-13-21-33(31)34/h7-13,16-21,34H,14-15,22-28H2,1-6H3,(H,42,48)(H,43,49)(H,44,46)(H,45,47). The molecule has 0 fully saturated rings. The molecule has 11 nitrogen and oxygen atoms in total. The van der Waals surface area contributed by atoms with Crippen molar-refractivity contribution < 1.29 is 33.4 Å². The molecule has 0 spiro atoms. The van der Waals surface area contributed by atoms with Gasteiger partial charge in [-0.2, -0.15) is 0 Å². The van der Waals surface area contributed by atoms with Gasteiger partial charge in [0.25, 0.3) is 0 Å². The highest BCUT2D eigenvalue weighted by atomic mass is 16.6. The minimum absolute atomic E-state index is 0.0246. The van der Waals surface area contributed by atoms with Gasteiger partial charge in [-0.15, -0.1) is 0 Å². The second-order valence-electron chi connectivity index (χ2n) is 15.2. The largest absolute Gasteiger partial charge is 0.449 e. The summed E-state index contributed by atoms with van der Waals surface area (Å²) in [5.74, 6) is -0.375. The van der Waals surface area contributed by atoms with E-state index >= 15 is 0 Å². The van der Waals surface area contributed by atoms with Crippen LogP contribution in [0.5, 0.6) is 0 Å². The first-order valence-electron chi connectivity index (χ1n) is 18.0. The van der Waals surface area contributed by atoms with Crippen molar-refractivity contribution in [3.8, 4) is 11.1 Å². The smallest absolute Gasteiger partial charge is 0.407 e. The minimum atomic E-state index is -1.11. The molecule has 3 aromatic rings. The first-order chi connectivity index (χ1) is 24.7. The molecule has 0 saturated carbocycles. The predicted octanol–water partition coefficient (Wildman–Crippen LogP) is 7.44. The molecule has 3 aromatic carbocycles. The lowest BCUT2D eigenvalue weighted by atomic mass is 9.77. The van der Waals surface area contributed by atoms with Crippen LogP contribution in [-0.2, 0) is 25.5 Å². The van der Waals surface area contributed by atoms with Gasteiger partial charge in [-0.1, -0.05) is 78.9 Å². The molecule has 0 unspecified atom stereocenters. The number of rotatable bonds is 15. The van der Waals surface area contributed by atoms with Crippen LogP contribution in [0, 0.1) is 5.41 Å². The number of nitrogens with one attached hydrogen (secondary N) is 4. The summed E-state index contributed by atoms with van der Waals surface area (Å²) in [4.78, 5) is 52.3. The first kappa shape index (κ1) is 39.7. The van der Waals surface area contributed by atoms with Crippen molar-refractivity contribution in [2.45, 2.75) is 90.9 Å². The Labute approximate surface area is 307 Å². The summed E-state index contributed by atoms with van der Waals surface area (Å²) >= 11 is 0. The zero-order valence-electron chi connectivity index (χ0n) is 31.3. The molecular weight excluding hydrogens is 660 g/mol. The fourth-order valence-corrected chi connectivity index (χ4v) is 6.33. The van der Waals surface area contributed by atoms with Crippen molar-refractivity contribution in [1.82, 2.24) is 21.3 Å². The van der Waals surface area contributed by atoms with Crippen LogP contribution in [0.15, 0.2) is 78.9 Å². The van der Waals surface area contributed by atoms with Crippen molar-refractivity contribution in [3.63, 3.8) is 0 Å². The lowest BCUT2D eigenvalue weighted by molar-refractivity contribution is -0.132. The Kier molecular flexibility index (Phi) is 13.7. The summed E-state index contributed by atoms with van der Waals surface area (Å²) in [6.07, 6.45) is -0.261. The number of hydrogen-bond donors (Lipinski definition) is 4. The van der Waals surface area contributed by atoms with Crippen LogP contribution >= 0.6 is 0 Å². The van der Waals surface area contributed by atoms with Crippen molar-refractivity contribution in [2.75, 3.05) is 26.2 Å². The zero-order chi connectivity index (χ0) is 37.8. The lowest BCUT2D eigenvalue weighted by Crippen LogP contribution is -2.49. The number of fused-ring (bicyclic) bond motifs is 3. The van der Waals surface area contributed by atoms with E-state index in [1.54, 1.807) is 41.5 Å². The van der Waals surface area contributed by atoms with Gasteiger partial charge in [0.05, 0.1) is 5.41 Å². The van der Waals surface area contributed by atoms with Gasteiger partial charge < -0.3 is 35.5 Å². The van der Waals surface area contributed by atoms with E-state index in [4.69, 9.17) is 14.2 Å². The topological polar surface area (TPSA) is 144 Å². The fraction of sp³-hybridized carbons (Fsp3) is 0.463. The molecule has 1 aliphatic rings. The van der Waals surface area contributed by atoms with Crippen LogP contribution in [0.2, 0.25) is 0 Å². The number of benzene rings is 3. The fourth-order valence-electron chi connectivity index (χ4n) is 6.33. The molecule has 4 N–H and O–H groups in total. The van der Waals surface area contributed by atoms with E-state index < -0.39 is 34.9 Å². The van der Waals surface area contributed by atoms with Crippen molar-refractivity contribution in [2.24, 2.45) is 5.41 Å². The average molecular weight is 715 g/mol. The maximum absolute atomic E-state index is 14.2. The van der Waals surface area contributed by atoms with E-state index in [9.17, 15) is 19.2 Å². The van der Waals surface area contributed by atoms with Gasteiger partial charge in [0.2, 0.25) is 5.91 Å². The molecule has 0 radical (unpaired) electrons. The number of amides is 4. The molecule has 0 heterocycles. The Balaban J connectivity index is 1.48. The quantitative estimate of drug-likeness (QED) is 0.0947. The van der Waals surface area contributed by atoms with Gasteiger partial charge in [-0.3, -0.25) is 4.79 Å².